The number of carbonyl (C=O) groups is 1. The second kappa shape index (κ2) is 5.67. The van der Waals surface area contributed by atoms with Gasteiger partial charge in [0.2, 0.25) is 0 Å². The average Bonchev–Trinajstić information content (AvgIpc) is 2.36. The van der Waals surface area contributed by atoms with Gasteiger partial charge in [0.05, 0.1) is 5.56 Å². The number of benzene rings is 2. The van der Waals surface area contributed by atoms with E-state index in [1.165, 1.54) is 11.1 Å². The number of hydrogen-bond acceptors (Lipinski definition) is 2. The first-order valence-corrected chi connectivity index (χ1v) is 7.02. The van der Waals surface area contributed by atoms with Crippen LogP contribution in [0.15, 0.2) is 40.9 Å². The second-order valence-electron chi connectivity index (χ2n) is 4.87. The molecule has 0 radical (unpaired) electrons. The summed E-state index contributed by atoms with van der Waals surface area (Å²) in [6.07, 6.45) is 0. The van der Waals surface area contributed by atoms with Crippen LogP contribution in [0.25, 0.3) is 0 Å². The maximum absolute atomic E-state index is 11.0. The molecule has 2 aromatic rings. The van der Waals surface area contributed by atoms with Crippen LogP contribution in [0.4, 0.5) is 11.4 Å². The zero-order valence-electron chi connectivity index (χ0n) is 11.6. The predicted molar refractivity (Wildman–Crippen MR) is 85.1 cm³/mol. The Labute approximate surface area is 127 Å². The van der Waals surface area contributed by atoms with Crippen molar-refractivity contribution in [3.05, 3.63) is 57.6 Å². The highest BCUT2D eigenvalue weighted by atomic mass is 79.9. The SMILES string of the molecule is Cc1cc(C)cc(N(C)c2ccc(C(=O)O)c(Br)c2)c1. The van der Waals surface area contributed by atoms with E-state index in [4.69, 9.17) is 5.11 Å². The quantitative estimate of drug-likeness (QED) is 0.896. The average molecular weight is 334 g/mol. The zero-order chi connectivity index (χ0) is 14.9. The number of rotatable bonds is 3. The van der Waals surface area contributed by atoms with Crippen molar-refractivity contribution >= 4 is 33.3 Å². The molecule has 0 saturated heterocycles. The standard InChI is InChI=1S/C16H16BrNO2/c1-10-6-11(2)8-13(7-10)18(3)12-4-5-14(16(19)20)15(17)9-12/h4-9H,1-3H3,(H,19,20). The fraction of sp³-hybridized carbons (Fsp3) is 0.188. The Balaban J connectivity index is 2.40. The van der Waals surface area contributed by atoms with Crippen molar-refractivity contribution in [1.82, 2.24) is 0 Å². The van der Waals surface area contributed by atoms with Gasteiger partial charge >= 0.3 is 5.97 Å². The lowest BCUT2D eigenvalue weighted by molar-refractivity contribution is 0.0696. The molecular weight excluding hydrogens is 318 g/mol. The molecule has 0 aliphatic rings. The van der Waals surface area contributed by atoms with Crippen LogP contribution in [-0.4, -0.2) is 18.1 Å². The maximum Gasteiger partial charge on any atom is 0.336 e. The minimum atomic E-state index is -0.933. The van der Waals surface area contributed by atoms with E-state index < -0.39 is 5.97 Å². The second-order valence-corrected chi connectivity index (χ2v) is 5.73. The summed E-state index contributed by atoms with van der Waals surface area (Å²) in [5, 5.41) is 9.04. The summed E-state index contributed by atoms with van der Waals surface area (Å²) in [5.41, 5.74) is 4.69. The Morgan fingerprint density at radius 2 is 1.65 bits per heavy atom. The van der Waals surface area contributed by atoms with Gasteiger partial charge in [-0.25, -0.2) is 4.79 Å². The van der Waals surface area contributed by atoms with Crippen LogP contribution >= 0.6 is 15.9 Å². The number of nitrogens with zero attached hydrogens (tertiary/aromatic N) is 1. The Morgan fingerprint density at radius 1 is 1.05 bits per heavy atom. The lowest BCUT2D eigenvalue weighted by Gasteiger charge is -2.21. The van der Waals surface area contributed by atoms with E-state index in [9.17, 15) is 4.79 Å². The third-order valence-electron chi connectivity index (χ3n) is 3.16. The van der Waals surface area contributed by atoms with Gasteiger partial charge in [-0.2, -0.15) is 0 Å². The van der Waals surface area contributed by atoms with E-state index in [1.54, 1.807) is 6.07 Å². The van der Waals surface area contributed by atoms with Crippen molar-refractivity contribution in [1.29, 1.82) is 0 Å². The molecule has 2 rings (SSSR count). The highest BCUT2D eigenvalue weighted by Gasteiger charge is 2.11. The number of halogens is 1. The van der Waals surface area contributed by atoms with Gasteiger partial charge in [0.25, 0.3) is 0 Å². The fourth-order valence-electron chi connectivity index (χ4n) is 2.18. The minimum Gasteiger partial charge on any atom is -0.478 e. The lowest BCUT2D eigenvalue weighted by Crippen LogP contribution is -2.10. The van der Waals surface area contributed by atoms with E-state index >= 15 is 0 Å². The molecule has 0 aliphatic carbocycles. The van der Waals surface area contributed by atoms with E-state index in [0.29, 0.717) is 4.47 Å². The highest BCUT2D eigenvalue weighted by molar-refractivity contribution is 9.10. The Morgan fingerprint density at radius 3 is 2.15 bits per heavy atom. The van der Waals surface area contributed by atoms with Crippen LogP contribution in [0, 0.1) is 13.8 Å². The third-order valence-corrected chi connectivity index (χ3v) is 3.82. The van der Waals surface area contributed by atoms with Crippen LogP contribution in [0.3, 0.4) is 0 Å². The van der Waals surface area contributed by atoms with Crippen LogP contribution in [-0.2, 0) is 0 Å². The van der Waals surface area contributed by atoms with Gasteiger partial charge in [0, 0.05) is 22.9 Å². The smallest absolute Gasteiger partial charge is 0.336 e. The normalized spacial score (nSPS) is 10.4. The van der Waals surface area contributed by atoms with Crippen LogP contribution < -0.4 is 4.90 Å². The molecule has 20 heavy (non-hydrogen) atoms. The first kappa shape index (κ1) is 14.6. The van der Waals surface area contributed by atoms with E-state index in [2.05, 4.69) is 48.0 Å². The van der Waals surface area contributed by atoms with Crippen molar-refractivity contribution < 1.29 is 9.90 Å². The van der Waals surface area contributed by atoms with Crippen LogP contribution in [0.1, 0.15) is 21.5 Å². The van der Waals surface area contributed by atoms with Gasteiger partial charge in [-0.1, -0.05) is 6.07 Å². The van der Waals surface area contributed by atoms with Crippen molar-refractivity contribution in [2.24, 2.45) is 0 Å². The minimum absolute atomic E-state index is 0.266. The molecule has 0 bridgehead atoms. The summed E-state index contributed by atoms with van der Waals surface area (Å²) in [6, 6.07) is 11.6. The van der Waals surface area contributed by atoms with Crippen LogP contribution in [0.2, 0.25) is 0 Å². The van der Waals surface area contributed by atoms with Gasteiger partial charge < -0.3 is 10.0 Å². The van der Waals surface area contributed by atoms with Crippen molar-refractivity contribution in [2.75, 3.05) is 11.9 Å². The van der Waals surface area contributed by atoms with E-state index in [0.717, 1.165) is 11.4 Å². The zero-order valence-corrected chi connectivity index (χ0v) is 13.2. The molecule has 0 aliphatic heterocycles. The van der Waals surface area contributed by atoms with Gasteiger partial charge in [0.1, 0.15) is 0 Å². The molecular formula is C16H16BrNO2. The predicted octanol–water partition coefficient (Wildman–Crippen LogP) is 4.53. The number of aromatic carboxylic acids is 1. The molecule has 4 heteroatoms. The Hall–Kier alpha value is -1.81. The molecule has 0 fully saturated rings. The number of carboxylic acid groups (broad SMARTS) is 1. The summed E-state index contributed by atoms with van der Waals surface area (Å²) in [6.45, 7) is 4.13. The molecule has 0 unspecified atom stereocenters. The van der Waals surface area contributed by atoms with Crippen molar-refractivity contribution in [3.8, 4) is 0 Å². The van der Waals surface area contributed by atoms with Gasteiger partial charge in [-0.15, -0.1) is 0 Å². The van der Waals surface area contributed by atoms with Crippen LogP contribution in [0.5, 0.6) is 0 Å². The molecule has 3 nitrogen and oxygen atoms in total. The Bertz CT molecular complexity index is 647. The molecule has 0 amide bonds. The number of carboxylic acids is 1. The summed E-state index contributed by atoms with van der Waals surface area (Å²) in [5.74, 6) is -0.933. The summed E-state index contributed by atoms with van der Waals surface area (Å²) < 4.78 is 0.582. The summed E-state index contributed by atoms with van der Waals surface area (Å²) >= 11 is 3.31. The fourth-order valence-corrected chi connectivity index (χ4v) is 2.72. The van der Waals surface area contributed by atoms with Gasteiger partial charge in [0.15, 0.2) is 0 Å². The molecule has 0 heterocycles. The number of anilines is 2. The number of hydrogen-bond donors (Lipinski definition) is 1. The van der Waals surface area contributed by atoms with Gasteiger partial charge in [-0.05, 0) is 71.2 Å². The lowest BCUT2D eigenvalue weighted by atomic mass is 10.1. The van der Waals surface area contributed by atoms with Crippen molar-refractivity contribution in [2.45, 2.75) is 13.8 Å². The first-order valence-electron chi connectivity index (χ1n) is 6.23. The van der Waals surface area contributed by atoms with E-state index in [1.807, 2.05) is 24.1 Å². The highest BCUT2D eigenvalue weighted by Crippen LogP contribution is 2.29. The Kier molecular flexibility index (Phi) is 4.14. The van der Waals surface area contributed by atoms with E-state index in [-0.39, 0.29) is 5.56 Å². The molecule has 0 spiro atoms. The third kappa shape index (κ3) is 3.02. The molecule has 2 aromatic carbocycles. The molecule has 1 N–H and O–H groups in total. The largest absolute Gasteiger partial charge is 0.478 e. The van der Waals surface area contributed by atoms with Crippen molar-refractivity contribution in [3.63, 3.8) is 0 Å². The molecule has 0 atom stereocenters. The number of aryl methyl sites for hydroxylation is 2. The maximum atomic E-state index is 11.0. The monoisotopic (exact) mass is 333 g/mol. The molecule has 0 saturated carbocycles. The summed E-state index contributed by atoms with van der Waals surface area (Å²) in [4.78, 5) is 13.1. The van der Waals surface area contributed by atoms with Gasteiger partial charge in [-0.3, -0.25) is 0 Å². The molecule has 0 aromatic heterocycles. The first-order chi connectivity index (χ1) is 9.38. The molecule has 104 valence electrons. The topological polar surface area (TPSA) is 40.5 Å². The summed E-state index contributed by atoms with van der Waals surface area (Å²) in [7, 11) is 1.97.